The standard InChI is InChI=1S/C16H12N4S/c1-20-10-12(9-18-20)7-14(8-17)16-19-15(11-21-16)13-5-3-2-4-6-13/h2-7,9-11H,1H3/b14-7-. The van der Waals surface area contributed by atoms with Gasteiger partial charge in [0.2, 0.25) is 0 Å². The van der Waals surface area contributed by atoms with Crippen LogP contribution in [0.4, 0.5) is 0 Å². The molecule has 3 aromatic rings. The van der Waals surface area contributed by atoms with E-state index in [2.05, 4.69) is 16.2 Å². The first-order valence-electron chi connectivity index (χ1n) is 6.38. The molecule has 0 amide bonds. The van der Waals surface area contributed by atoms with Crippen LogP contribution in [0.5, 0.6) is 0 Å². The molecule has 102 valence electrons. The van der Waals surface area contributed by atoms with Gasteiger partial charge >= 0.3 is 0 Å². The molecule has 0 unspecified atom stereocenters. The van der Waals surface area contributed by atoms with Gasteiger partial charge in [0, 0.05) is 29.8 Å². The van der Waals surface area contributed by atoms with Gasteiger partial charge in [-0.15, -0.1) is 11.3 Å². The molecule has 3 rings (SSSR count). The van der Waals surface area contributed by atoms with Gasteiger partial charge in [-0.05, 0) is 6.08 Å². The van der Waals surface area contributed by atoms with Gasteiger partial charge in [0.05, 0.1) is 17.5 Å². The second kappa shape index (κ2) is 5.73. The average Bonchev–Trinajstić information content (AvgIpc) is 3.15. The highest BCUT2D eigenvalue weighted by atomic mass is 32.1. The average molecular weight is 292 g/mol. The Labute approximate surface area is 126 Å². The van der Waals surface area contributed by atoms with Crippen molar-refractivity contribution in [1.29, 1.82) is 5.26 Å². The third-order valence-corrected chi connectivity index (χ3v) is 3.84. The molecule has 2 aromatic heterocycles. The quantitative estimate of drug-likeness (QED) is 0.693. The fraction of sp³-hybridized carbons (Fsp3) is 0.0625. The number of rotatable bonds is 3. The van der Waals surface area contributed by atoms with Crippen LogP contribution in [-0.4, -0.2) is 14.8 Å². The molecule has 0 N–H and O–H groups in total. The van der Waals surface area contributed by atoms with Crippen molar-refractivity contribution < 1.29 is 0 Å². The fourth-order valence-electron chi connectivity index (χ4n) is 1.96. The van der Waals surface area contributed by atoms with Crippen LogP contribution in [0.3, 0.4) is 0 Å². The summed E-state index contributed by atoms with van der Waals surface area (Å²) in [6.45, 7) is 0. The van der Waals surface area contributed by atoms with Crippen molar-refractivity contribution in [3.05, 3.63) is 58.7 Å². The molecule has 0 aliphatic rings. The van der Waals surface area contributed by atoms with E-state index in [0.29, 0.717) is 5.57 Å². The lowest BCUT2D eigenvalue weighted by Crippen LogP contribution is -1.84. The normalized spacial score (nSPS) is 11.3. The number of nitrogens with zero attached hydrogens (tertiary/aromatic N) is 4. The van der Waals surface area contributed by atoms with E-state index >= 15 is 0 Å². The van der Waals surface area contributed by atoms with Crippen molar-refractivity contribution in [2.45, 2.75) is 0 Å². The van der Waals surface area contributed by atoms with Crippen LogP contribution >= 0.6 is 11.3 Å². The number of hydrogen-bond donors (Lipinski definition) is 0. The maximum absolute atomic E-state index is 9.35. The number of hydrogen-bond acceptors (Lipinski definition) is 4. The maximum atomic E-state index is 9.35. The van der Waals surface area contributed by atoms with Gasteiger partial charge in [0.15, 0.2) is 0 Å². The summed E-state index contributed by atoms with van der Waals surface area (Å²) in [6.07, 6.45) is 5.40. The van der Waals surface area contributed by atoms with Crippen molar-refractivity contribution in [2.75, 3.05) is 0 Å². The van der Waals surface area contributed by atoms with Crippen LogP contribution in [0.2, 0.25) is 0 Å². The smallest absolute Gasteiger partial charge is 0.134 e. The lowest BCUT2D eigenvalue weighted by atomic mass is 10.2. The molecule has 0 aliphatic carbocycles. The monoisotopic (exact) mass is 292 g/mol. The van der Waals surface area contributed by atoms with Crippen molar-refractivity contribution in [2.24, 2.45) is 7.05 Å². The first-order chi connectivity index (χ1) is 10.3. The predicted molar refractivity (Wildman–Crippen MR) is 84.2 cm³/mol. The second-order valence-corrected chi connectivity index (χ2v) is 5.38. The van der Waals surface area contributed by atoms with Gasteiger partial charge in [-0.1, -0.05) is 30.3 Å². The zero-order chi connectivity index (χ0) is 14.7. The largest absolute Gasteiger partial charge is 0.275 e. The molecule has 21 heavy (non-hydrogen) atoms. The zero-order valence-electron chi connectivity index (χ0n) is 11.4. The Hall–Kier alpha value is -2.71. The minimum Gasteiger partial charge on any atom is -0.275 e. The molecule has 4 nitrogen and oxygen atoms in total. The Morgan fingerprint density at radius 2 is 2.14 bits per heavy atom. The molecule has 0 bridgehead atoms. The van der Waals surface area contributed by atoms with Crippen LogP contribution in [0.15, 0.2) is 48.1 Å². The number of aromatic nitrogens is 3. The van der Waals surface area contributed by atoms with Crippen molar-refractivity contribution in [3.8, 4) is 17.3 Å². The topological polar surface area (TPSA) is 54.5 Å². The molecule has 0 atom stereocenters. The summed E-state index contributed by atoms with van der Waals surface area (Å²) in [7, 11) is 1.85. The number of nitriles is 1. The van der Waals surface area contributed by atoms with Gasteiger partial charge < -0.3 is 0 Å². The van der Waals surface area contributed by atoms with Crippen LogP contribution < -0.4 is 0 Å². The van der Waals surface area contributed by atoms with E-state index in [9.17, 15) is 5.26 Å². The summed E-state index contributed by atoms with van der Waals surface area (Å²) >= 11 is 1.47. The van der Waals surface area contributed by atoms with Gasteiger partial charge in [0.25, 0.3) is 0 Å². The van der Waals surface area contributed by atoms with E-state index in [0.717, 1.165) is 21.8 Å². The number of allylic oxidation sites excluding steroid dienone is 1. The summed E-state index contributed by atoms with van der Waals surface area (Å²) in [5.41, 5.74) is 3.39. The summed E-state index contributed by atoms with van der Waals surface area (Å²) in [5, 5.41) is 16.1. The minimum absolute atomic E-state index is 0.551. The highest BCUT2D eigenvalue weighted by molar-refractivity contribution is 7.11. The molecule has 0 saturated heterocycles. The molecular weight excluding hydrogens is 280 g/mol. The van der Waals surface area contributed by atoms with Crippen LogP contribution in [0.25, 0.3) is 22.9 Å². The van der Waals surface area contributed by atoms with Crippen molar-refractivity contribution in [3.63, 3.8) is 0 Å². The number of thiazole rings is 1. The first-order valence-corrected chi connectivity index (χ1v) is 7.26. The van der Waals surface area contributed by atoms with Gasteiger partial charge in [-0.3, -0.25) is 4.68 Å². The molecule has 1 aromatic carbocycles. The Kier molecular flexibility index (Phi) is 3.63. The molecule has 0 fully saturated rings. The van der Waals surface area contributed by atoms with Crippen molar-refractivity contribution in [1.82, 2.24) is 14.8 Å². The highest BCUT2D eigenvalue weighted by Crippen LogP contribution is 2.26. The Morgan fingerprint density at radius 3 is 2.81 bits per heavy atom. The Bertz CT molecular complexity index is 821. The minimum atomic E-state index is 0.551. The molecular formula is C16H12N4S. The van der Waals surface area contributed by atoms with E-state index < -0.39 is 0 Å². The van der Waals surface area contributed by atoms with Gasteiger partial charge in [0.1, 0.15) is 11.1 Å². The summed E-state index contributed by atoms with van der Waals surface area (Å²) in [6, 6.07) is 12.2. The number of benzene rings is 1. The van der Waals surface area contributed by atoms with E-state index in [1.807, 2.05) is 49.0 Å². The SMILES string of the molecule is Cn1cc(/C=C(/C#N)c2nc(-c3ccccc3)cs2)cn1. The lowest BCUT2D eigenvalue weighted by molar-refractivity contribution is 0.767. The van der Waals surface area contributed by atoms with Crippen molar-refractivity contribution >= 4 is 23.0 Å². The Balaban J connectivity index is 1.95. The fourth-order valence-corrected chi connectivity index (χ4v) is 2.76. The number of aryl methyl sites for hydroxylation is 1. The van der Waals surface area contributed by atoms with E-state index in [1.165, 1.54) is 11.3 Å². The molecule has 5 heteroatoms. The third kappa shape index (κ3) is 2.91. The summed E-state index contributed by atoms with van der Waals surface area (Å²) < 4.78 is 1.71. The van der Waals surface area contributed by atoms with Gasteiger partial charge in [-0.25, -0.2) is 4.98 Å². The summed E-state index contributed by atoms with van der Waals surface area (Å²) in [4.78, 5) is 4.56. The second-order valence-electron chi connectivity index (χ2n) is 4.52. The third-order valence-electron chi connectivity index (χ3n) is 2.96. The zero-order valence-corrected chi connectivity index (χ0v) is 12.2. The predicted octanol–water partition coefficient (Wildman–Crippen LogP) is 3.61. The van der Waals surface area contributed by atoms with E-state index in [4.69, 9.17) is 0 Å². The summed E-state index contributed by atoms with van der Waals surface area (Å²) in [5.74, 6) is 0. The van der Waals surface area contributed by atoms with E-state index in [1.54, 1.807) is 17.0 Å². The molecule has 0 spiro atoms. The van der Waals surface area contributed by atoms with Crippen LogP contribution in [0.1, 0.15) is 10.6 Å². The lowest BCUT2D eigenvalue weighted by Gasteiger charge is -1.94. The molecule has 0 aliphatic heterocycles. The highest BCUT2D eigenvalue weighted by Gasteiger charge is 2.09. The van der Waals surface area contributed by atoms with Gasteiger partial charge in [-0.2, -0.15) is 10.4 Å². The van der Waals surface area contributed by atoms with Crippen LogP contribution in [-0.2, 0) is 7.05 Å². The van der Waals surface area contributed by atoms with Crippen LogP contribution in [0, 0.1) is 11.3 Å². The first kappa shape index (κ1) is 13.3. The molecule has 2 heterocycles. The van der Waals surface area contributed by atoms with E-state index in [-0.39, 0.29) is 0 Å². The molecule has 0 saturated carbocycles. The Morgan fingerprint density at radius 1 is 1.33 bits per heavy atom. The maximum Gasteiger partial charge on any atom is 0.134 e. The molecule has 0 radical (unpaired) electrons.